The molecule has 36 heavy (non-hydrogen) atoms. The second kappa shape index (κ2) is 9.91. The van der Waals surface area contributed by atoms with Crippen LogP contribution >= 0.6 is 12.2 Å². The number of aryl methyl sites for hydroxylation is 2. The van der Waals surface area contributed by atoms with Crippen molar-refractivity contribution in [1.82, 2.24) is 9.88 Å². The number of methoxy groups -OCH3 is 1. The van der Waals surface area contributed by atoms with Gasteiger partial charge >= 0.3 is 0 Å². The van der Waals surface area contributed by atoms with E-state index in [2.05, 4.69) is 16.4 Å². The summed E-state index contributed by atoms with van der Waals surface area (Å²) in [6, 6.07) is 19.4. The maximum absolute atomic E-state index is 13.1. The molecule has 0 aliphatic carbocycles. The molecule has 2 N–H and O–H groups in total. The summed E-state index contributed by atoms with van der Waals surface area (Å²) in [6.07, 6.45) is 0. The van der Waals surface area contributed by atoms with E-state index in [0.717, 1.165) is 44.8 Å². The van der Waals surface area contributed by atoms with Crippen molar-refractivity contribution in [2.45, 2.75) is 26.9 Å². The van der Waals surface area contributed by atoms with Crippen LogP contribution in [0.25, 0.3) is 10.9 Å². The number of hydrogen-bond donors (Lipinski definition) is 2. The minimum atomic E-state index is -0.126. The lowest BCUT2D eigenvalue weighted by molar-refractivity contribution is 0.174. The van der Waals surface area contributed by atoms with Gasteiger partial charge in [0.2, 0.25) is 6.79 Å². The number of rotatable bonds is 6. The molecule has 2 heterocycles. The van der Waals surface area contributed by atoms with Crippen molar-refractivity contribution in [3.8, 4) is 17.2 Å². The second-order valence-corrected chi connectivity index (χ2v) is 9.20. The molecule has 184 valence electrons. The average molecular weight is 502 g/mol. The largest absolute Gasteiger partial charge is 0.497 e. The van der Waals surface area contributed by atoms with Crippen LogP contribution in [0.15, 0.2) is 65.5 Å². The summed E-state index contributed by atoms with van der Waals surface area (Å²) in [4.78, 5) is 18.1. The van der Waals surface area contributed by atoms with Crippen LogP contribution in [0, 0.1) is 13.8 Å². The maximum atomic E-state index is 13.1. The Balaban J connectivity index is 1.47. The van der Waals surface area contributed by atoms with Crippen molar-refractivity contribution in [3.63, 3.8) is 0 Å². The molecule has 0 amide bonds. The number of ether oxygens (including phenoxy) is 3. The van der Waals surface area contributed by atoms with Gasteiger partial charge in [0.1, 0.15) is 5.75 Å². The number of pyridine rings is 1. The fraction of sp³-hybridized carbons (Fsp3) is 0.214. The van der Waals surface area contributed by atoms with Crippen LogP contribution in [-0.2, 0) is 13.1 Å². The molecule has 0 bridgehead atoms. The van der Waals surface area contributed by atoms with Gasteiger partial charge in [-0.2, -0.15) is 0 Å². The molecule has 3 aromatic carbocycles. The number of fused-ring (bicyclic) bond motifs is 2. The van der Waals surface area contributed by atoms with Gasteiger partial charge in [-0.25, -0.2) is 0 Å². The van der Waals surface area contributed by atoms with Crippen LogP contribution in [0.4, 0.5) is 5.69 Å². The number of benzene rings is 3. The van der Waals surface area contributed by atoms with E-state index in [9.17, 15) is 4.79 Å². The normalized spacial score (nSPS) is 12.0. The van der Waals surface area contributed by atoms with Gasteiger partial charge in [-0.15, -0.1) is 0 Å². The molecule has 1 aromatic heterocycles. The zero-order valence-electron chi connectivity index (χ0n) is 20.4. The third kappa shape index (κ3) is 4.85. The molecule has 0 saturated carbocycles. The fourth-order valence-corrected chi connectivity index (χ4v) is 4.52. The van der Waals surface area contributed by atoms with Gasteiger partial charge in [-0.05, 0) is 85.2 Å². The van der Waals surface area contributed by atoms with Gasteiger partial charge in [0.15, 0.2) is 16.6 Å². The minimum absolute atomic E-state index is 0.126. The van der Waals surface area contributed by atoms with Gasteiger partial charge in [-0.3, -0.25) is 4.79 Å². The Morgan fingerprint density at radius 3 is 2.53 bits per heavy atom. The molecule has 1 aliphatic heterocycles. The van der Waals surface area contributed by atoms with Crippen LogP contribution in [0.5, 0.6) is 17.2 Å². The molecule has 7 nitrogen and oxygen atoms in total. The minimum Gasteiger partial charge on any atom is -0.497 e. The first-order valence-corrected chi connectivity index (χ1v) is 12.0. The third-order valence-electron chi connectivity index (χ3n) is 6.32. The van der Waals surface area contributed by atoms with Crippen molar-refractivity contribution < 1.29 is 14.2 Å². The summed E-state index contributed by atoms with van der Waals surface area (Å²) >= 11 is 5.82. The highest BCUT2D eigenvalue weighted by molar-refractivity contribution is 7.80. The molecular formula is C28H27N3O4S. The first-order valence-electron chi connectivity index (χ1n) is 11.6. The van der Waals surface area contributed by atoms with Crippen LogP contribution < -0.4 is 25.1 Å². The smallest absolute Gasteiger partial charge is 0.253 e. The van der Waals surface area contributed by atoms with Crippen LogP contribution in [0.2, 0.25) is 0 Å². The standard InChI is InChI=1S/C28H27N3O4S/c1-17-4-5-18(2)26-23(17)13-20(27(32)30-26)15-31(14-19-6-11-24-25(12-19)35-16-34-24)28(36)29-21-7-9-22(33-3)10-8-21/h4-13H,14-16H2,1-3H3,(H,29,36)(H,30,32). The molecule has 0 saturated heterocycles. The number of nitrogens with zero attached hydrogens (tertiary/aromatic N) is 1. The van der Waals surface area contributed by atoms with Gasteiger partial charge in [0.05, 0.1) is 19.2 Å². The Kier molecular flexibility index (Phi) is 6.52. The first-order chi connectivity index (χ1) is 17.4. The Hall–Kier alpha value is -4.04. The molecule has 0 unspecified atom stereocenters. The predicted molar refractivity (Wildman–Crippen MR) is 145 cm³/mol. The van der Waals surface area contributed by atoms with E-state index in [1.165, 1.54) is 0 Å². The quantitative estimate of drug-likeness (QED) is 0.348. The number of H-pyrrole nitrogens is 1. The summed E-state index contributed by atoms with van der Waals surface area (Å²) in [6.45, 7) is 5.06. The molecular weight excluding hydrogens is 474 g/mol. The average Bonchev–Trinajstić information content (AvgIpc) is 3.35. The topological polar surface area (TPSA) is 75.8 Å². The number of nitrogens with one attached hydrogen (secondary N) is 2. The summed E-state index contributed by atoms with van der Waals surface area (Å²) < 4.78 is 16.3. The van der Waals surface area contributed by atoms with E-state index in [1.54, 1.807) is 7.11 Å². The zero-order valence-corrected chi connectivity index (χ0v) is 21.2. The highest BCUT2D eigenvalue weighted by Gasteiger charge is 2.18. The Bertz CT molecular complexity index is 1500. The summed E-state index contributed by atoms with van der Waals surface area (Å²) in [5.74, 6) is 2.19. The molecule has 1 aliphatic rings. The molecule has 0 fully saturated rings. The van der Waals surface area contributed by atoms with Crippen LogP contribution in [-0.4, -0.2) is 28.9 Å². The van der Waals surface area contributed by atoms with Crippen molar-refractivity contribution in [2.24, 2.45) is 0 Å². The van der Waals surface area contributed by atoms with E-state index < -0.39 is 0 Å². The Morgan fingerprint density at radius 2 is 1.75 bits per heavy atom. The van der Waals surface area contributed by atoms with E-state index >= 15 is 0 Å². The van der Waals surface area contributed by atoms with E-state index in [4.69, 9.17) is 26.4 Å². The predicted octanol–water partition coefficient (Wildman–Crippen LogP) is 5.28. The highest BCUT2D eigenvalue weighted by atomic mass is 32.1. The fourth-order valence-electron chi connectivity index (χ4n) is 4.28. The number of hydrogen-bond acceptors (Lipinski definition) is 5. The SMILES string of the molecule is COc1ccc(NC(=S)N(Cc2ccc3c(c2)OCO3)Cc2cc3c(C)ccc(C)c3[nH]c2=O)cc1. The molecule has 0 atom stereocenters. The number of anilines is 1. The second-order valence-electron chi connectivity index (χ2n) is 8.81. The number of aromatic amines is 1. The molecule has 0 spiro atoms. The van der Waals surface area contributed by atoms with Crippen molar-refractivity contribution >= 4 is 33.9 Å². The zero-order chi connectivity index (χ0) is 25.2. The summed E-state index contributed by atoms with van der Waals surface area (Å²) in [5, 5.41) is 4.82. The van der Waals surface area contributed by atoms with E-state index in [-0.39, 0.29) is 12.4 Å². The lowest BCUT2D eigenvalue weighted by atomic mass is 10.0. The molecule has 4 aromatic rings. The number of aromatic nitrogens is 1. The maximum Gasteiger partial charge on any atom is 0.253 e. The van der Waals surface area contributed by atoms with Crippen LogP contribution in [0.1, 0.15) is 22.3 Å². The molecule has 5 rings (SSSR count). The Labute approximate surface area is 214 Å². The summed E-state index contributed by atoms with van der Waals surface area (Å²) in [5.41, 5.74) is 5.33. The third-order valence-corrected chi connectivity index (χ3v) is 6.68. The van der Waals surface area contributed by atoms with E-state index in [1.807, 2.05) is 73.3 Å². The van der Waals surface area contributed by atoms with E-state index in [0.29, 0.717) is 29.5 Å². The summed E-state index contributed by atoms with van der Waals surface area (Å²) in [7, 11) is 1.63. The van der Waals surface area contributed by atoms with Crippen molar-refractivity contribution in [2.75, 3.05) is 19.2 Å². The lowest BCUT2D eigenvalue weighted by Crippen LogP contribution is -2.35. The van der Waals surface area contributed by atoms with Crippen molar-refractivity contribution in [1.29, 1.82) is 0 Å². The van der Waals surface area contributed by atoms with Gasteiger partial charge in [-0.1, -0.05) is 18.2 Å². The van der Waals surface area contributed by atoms with Crippen LogP contribution in [0.3, 0.4) is 0 Å². The molecule has 0 radical (unpaired) electrons. The Morgan fingerprint density at radius 1 is 1.00 bits per heavy atom. The van der Waals surface area contributed by atoms with Gasteiger partial charge in [0, 0.05) is 23.2 Å². The highest BCUT2D eigenvalue weighted by Crippen LogP contribution is 2.33. The van der Waals surface area contributed by atoms with Crippen molar-refractivity contribution in [3.05, 3.63) is 93.3 Å². The monoisotopic (exact) mass is 501 g/mol. The first kappa shape index (κ1) is 23.7. The van der Waals surface area contributed by atoms with Gasteiger partial charge in [0.25, 0.3) is 5.56 Å². The lowest BCUT2D eigenvalue weighted by Gasteiger charge is -2.26. The molecule has 8 heteroatoms. The van der Waals surface area contributed by atoms with Gasteiger partial charge < -0.3 is 29.4 Å². The number of thiocarbonyl (C=S) groups is 1.